The minimum absolute atomic E-state index is 0.113. The number of hydrogen-bond acceptors (Lipinski definition) is 2. The average Bonchev–Trinajstić information content (AvgIpc) is 2.29. The second kappa shape index (κ2) is 10.9. The number of nitrogens with one attached hydrogen (secondary N) is 2. The minimum Gasteiger partial charge on any atom is -0.355 e. The van der Waals surface area contributed by atoms with Gasteiger partial charge in [-0.15, -0.1) is 0 Å². The van der Waals surface area contributed by atoms with Gasteiger partial charge in [0.25, 0.3) is 0 Å². The molecule has 0 aromatic heterocycles. The molecule has 1 unspecified atom stereocenters. The molecule has 0 bridgehead atoms. The van der Waals surface area contributed by atoms with Crippen molar-refractivity contribution in [1.29, 1.82) is 0 Å². The number of carbonyl (C=O) groups excluding carboxylic acids is 1. The average molecular weight is 228 g/mol. The molecule has 1 atom stereocenters. The van der Waals surface area contributed by atoms with E-state index in [4.69, 9.17) is 0 Å². The Bertz CT molecular complexity index is 171. The van der Waals surface area contributed by atoms with Crippen LogP contribution in [0.1, 0.15) is 59.3 Å². The molecule has 0 spiro atoms. The zero-order valence-electron chi connectivity index (χ0n) is 11.1. The van der Waals surface area contributed by atoms with Crippen LogP contribution < -0.4 is 10.6 Å². The fraction of sp³-hybridized carbons (Fsp3) is 0.923. The van der Waals surface area contributed by atoms with E-state index in [1.54, 1.807) is 0 Å². The van der Waals surface area contributed by atoms with E-state index in [-0.39, 0.29) is 5.91 Å². The normalized spacial score (nSPS) is 12.4. The van der Waals surface area contributed by atoms with Crippen LogP contribution in [0, 0.1) is 0 Å². The van der Waals surface area contributed by atoms with Gasteiger partial charge in [0.15, 0.2) is 0 Å². The van der Waals surface area contributed by atoms with Crippen LogP contribution in [0.3, 0.4) is 0 Å². The molecule has 0 fully saturated rings. The molecule has 0 aromatic rings. The summed E-state index contributed by atoms with van der Waals surface area (Å²) >= 11 is 0. The highest BCUT2D eigenvalue weighted by molar-refractivity contribution is 5.77. The fourth-order valence-corrected chi connectivity index (χ4v) is 1.57. The van der Waals surface area contributed by atoms with Crippen molar-refractivity contribution in [3.63, 3.8) is 0 Å². The van der Waals surface area contributed by atoms with Gasteiger partial charge in [-0.2, -0.15) is 0 Å². The summed E-state index contributed by atoms with van der Waals surface area (Å²) < 4.78 is 0. The van der Waals surface area contributed by atoms with Crippen molar-refractivity contribution in [3.8, 4) is 0 Å². The van der Waals surface area contributed by atoms with Gasteiger partial charge in [0.05, 0.1) is 6.54 Å². The first kappa shape index (κ1) is 15.4. The van der Waals surface area contributed by atoms with Crippen molar-refractivity contribution in [3.05, 3.63) is 0 Å². The van der Waals surface area contributed by atoms with E-state index in [1.807, 2.05) is 0 Å². The molecule has 0 aliphatic rings. The number of rotatable bonds is 10. The van der Waals surface area contributed by atoms with Crippen LogP contribution in [0.4, 0.5) is 0 Å². The van der Waals surface area contributed by atoms with Crippen LogP contribution in [0.25, 0.3) is 0 Å². The summed E-state index contributed by atoms with van der Waals surface area (Å²) in [7, 11) is 0. The summed E-state index contributed by atoms with van der Waals surface area (Å²) in [5.74, 6) is 0.113. The highest BCUT2D eigenvalue weighted by Gasteiger charge is 2.04. The Morgan fingerprint density at radius 3 is 2.50 bits per heavy atom. The molecule has 0 aliphatic carbocycles. The predicted molar refractivity (Wildman–Crippen MR) is 69.5 cm³/mol. The number of unbranched alkanes of at least 4 members (excludes halogenated alkanes) is 3. The second-order valence-corrected chi connectivity index (χ2v) is 4.48. The molecule has 0 saturated carbocycles. The number of carbonyl (C=O) groups is 1. The first-order valence-electron chi connectivity index (χ1n) is 6.70. The lowest BCUT2D eigenvalue weighted by Crippen LogP contribution is -2.38. The molecule has 3 heteroatoms. The number of amides is 1. The van der Waals surface area contributed by atoms with Crippen LogP contribution in [0.2, 0.25) is 0 Å². The van der Waals surface area contributed by atoms with E-state index < -0.39 is 0 Å². The van der Waals surface area contributed by atoms with Crippen molar-refractivity contribution < 1.29 is 4.79 Å². The van der Waals surface area contributed by atoms with Gasteiger partial charge in [-0.25, -0.2) is 0 Å². The van der Waals surface area contributed by atoms with E-state index in [0.29, 0.717) is 12.6 Å². The molecular weight excluding hydrogens is 200 g/mol. The van der Waals surface area contributed by atoms with E-state index in [9.17, 15) is 4.79 Å². The van der Waals surface area contributed by atoms with Crippen molar-refractivity contribution in [1.82, 2.24) is 10.6 Å². The Balaban J connectivity index is 3.34. The van der Waals surface area contributed by atoms with Gasteiger partial charge in [-0.1, -0.05) is 39.5 Å². The molecule has 1 amide bonds. The summed E-state index contributed by atoms with van der Waals surface area (Å²) in [6, 6.07) is 0.448. The maximum atomic E-state index is 11.3. The molecule has 96 valence electrons. The van der Waals surface area contributed by atoms with Crippen LogP contribution >= 0.6 is 0 Å². The lowest BCUT2D eigenvalue weighted by Gasteiger charge is -2.13. The SMILES string of the molecule is CCCCCCC(C)NCC(=O)NCCC. The first-order chi connectivity index (χ1) is 7.70. The minimum atomic E-state index is 0.113. The van der Waals surface area contributed by atoms with E-state index in [0.717, 1.165) is 13.0 Å². The molecule has 0 saturated heterocycles. The highest BCUT2D eigenvalue weighted by atomic mass is 16.1. The fourth-order valence-electron chi connectivity index (χ4n) is 1.57. The second-order valence-electron chi connectivity index (χ2n) is 4.48. The molecule has 0 heterocycles. The van der Waals surface area contributed by atoms with Crippen molar-refractivity contribution in [2.45, 2.75) is 65.3 Å². The number of hydrogen-bond donors (Lipinski definition) is 2. The molecule has 3 nitrogen and oxygen atoms in total. The van der Waals surface area contributed by atoms with Crippen molar-refractivity contribution in [2.24, 2.45) is 0 Å². The maximum Gasteiger partial charge on any atom is 0.233 e. The Morgan fingerprint density at radius 1 is 1.12 bits per heavy atom. The Labute approximate surface area is 100 Å². The monoisotopic (exact) mass is 228 g/mol. The summed E-state index contributed by atoms with van der Waals surface area (Å²) in [6.07, 6.45) is 7.34. The van der Waals surface area contributed by atoms with Crippen LogP contribution in [-0.4, -0.2) is 25.0 Å². The predicted octanol–water partition coefficient (Wildman–Crippen LogP) is 2.46. The van der Waals surface area contributed by atoms with Gasteiger partial charge >= 0.3 is 0 Å². The van der Waals surface area contributed by atoms with E-state index in [2.05, 4.69) is 31.4 Å². The smallest absolute Gasteiger partial charge is 0.233 e. The summed E-state index contributed by atoms with van der Waals surface area (Å²) in [5, 5.41) is 6.12. The molecule has 2 N–H and O–H groups in total. The van der Waals surface area contributed by atoms with Crippen LogP contribution in [0.5, 0.6) is 0 Å². The lowest BCUT2D eigenvalue weighted by molar-refractivity contribution is -0.120. The molecule has 0 rings (SSSR count). The van der Waals surface area contributed by atoms with Crippen LogP contribution in [0.15, 0.2) is 0 Å². The molecule has 0 radical (unpaired) electrons. The first-order valence-corrected chi connectivity index (χ1v) is 6.70. The van der Waals surface area contributed by atoms with Gasteiger partial charge in [-0.05, 0) is 19.8 Å². The van der Waals surface area contributed by atoms with E-state index in [1.165, 1.54) is 32.1 Å². The zero-order chi connectivity index (χ0) is 12.2. The third-order valence-electron chi connectivity index (χ3n) is 2.67. The standard InChI is InChI=1S/C13H28N2O/c1-4-6-7-8-9-12(3)15-11-13(16)14-10-5-2/h12,15H,4-11H2,1-3H3,(H,14,16). The topological polar surface area (TPSA) is 41.1 Å². The highest BCUT2D eigenvalue weighted by Crippen LogP contribution is 2.04. The third-order valence-corrected chi connectivity index (χ3v) is 2.67. The van der Waals surface area contributed by atoms with Crippen LogP contribution in [-0.2, 0) is 4.79 Å². The largest absolute Gasteiger partial charge is 0.355 e. The van der Waals surface area contributed by atoms with Gasteiger partial charge in [0.1, 0.15) is 0 Å². The molecule has 0 aliphatic heterocycles. The van der Waals surface area contributed by atoms with Gasteiger partial charge in [-0.3, -0.25) is 4.79 Å². The van der Waals surface area contributed by atoms with Crippen molar-refractivity contribution in [2.75, 3.05) is 13.1 Å². The van der Waals surface area contributed by atoms with Gasteiger partial charge < -0.3 is 10.6 Å². The Kier molecular flexibility index (Phi) is 10.5. The molecule has 16 heavy (non-hydrogen) atoms. The van der Waals surface area contributed by atoms with Gasteiger partial charge in [0, 0.05) is 12.6 Å². The lowest BCUT2D eigenvalue weighted by atomic mass is 10.1. The van der Waals surface area contributed by atoms with Crippen molar-refractivity contribution >= 4 is 5.91 Å². The Morgan fingerprint density at radius 2 is 1.88 bits per heavy atom. The maximum absolute atomic E-state index is 11.3. The van der Waals surface area contributed by atoms with E-state index >= 15 is 0 Å². The zero-order valence-corrected chi connectivity index (χ0v) is 11.1. The summed E-state index contributed by atoms with van der Waals surface area (Å²) in [6.45, 7) is 7.67. The molecular formula is C13H28N2O. The quantitative estimate of drug-likeness (QED) is 0.564. The Hall–Kier alpha value is -0.570. The molecule has 0 aromatic carbocycles. The third kappa shape index (κ3) is 9.97. The van der Waals surface area contributed by atoms with Gasteiger partial charge in [0.2, 0.25) is 5.91 Å². The summed E-state index contributed by atoms with van der Waals surface area (Å²) in [4.78, 5) is 11.3. The summed E-state index contributed by atoms with van der Waals surface area (Å²) in [5.41, 5.74) is 0.